The van der Waals surface area contributed by atoms with Crippen LogP contribution in [0, 0.1) is 6.92 Å². The fraction of sp³-hybridized carbons (Fsp3) is 0.333. The second-order valence-electron chi connectivity index (χ2n) is 5.41. The summed E-state index contributed by atoms with van der Waals surface area (Å²) in [5, 5.41) is 0.775. The van der Waals surface area contributed by atoms with Gasteiger partial charge in [-0.25, -0.2) is 0 Å². The van der Waals surface area contributed by atoms with Gasteiger partial charge in [0.25, 0.3) is 0 Å². The number of unbranched alkanes of at least 4 members (excludes halogenated alkanes) is 1. The van der Waals surface area contributed by atoms with Crippen LogP contribution < -0.4 is 23.6 Å². The van der Waals surface area contributed by atoms with Gasteiger partial charge in [0.1, 0.15) is 5.75 Å². The number of allylic oxidation sites excluding steroid dienone is 1. The number of amidine groups is 1. The Morgan fingerprint density at radius 3 is 2.65 bits per heavy atom. The first-order chi connectivity index (χ1) is 11.8. The van der Waals surface area contributed by atoms with Gasteiger partial charge in [0.05, 0.1) is 5.56 Å². The normalized spacial score (nSPS) is 15.6. The van der Waals surface area contributed by atoms with E-state index < -0.39 is 11.7 Å². The molecule has 0 atom stereocenters. The fourth-order valence-corrected chi connectivity index (χ4v) is 2.81. The molecule has 0 radical (unpaired) electrons. The molecule has 3 nitrogen and oxygen atoms in total. The standard InChI is InChI=1S/C14H11F3N2OS.C4H9.Li/c1-9-8-19-6-5-12(18-13(19)21-9)20-11-4-2-3-10(7-11)14(15,16)17;1-3-4-2;/h2-5,7-8H,6H2,1H3;1,3-4H2,2H3;/q;-1;+1. The molecule has 0 saturated heterocycles. The summed E-state index contributed by atoms with van der Waals surface area (Å²) in [5.74, 6) is 0.442. The van der Waals surface area contributed by atoms with Crippen molar-refractivity contribution in [1.29, 1.82) is 0 Å². The van der Waals surface area contributed by atoms with Gasteiger partial charge in [0.2, 0.25) is 5.88 Å². The van der Waals surface area contributed by atoms with Gasteiger partial charge in [0.15, 0.2) is 5.17 Å². The van der Waals surface area contributed by atoms with Crippen molar-refractivity contribution in [2.24, 2.45) is 4.99 Å². The number of aliphatic imine (C=N–C) groups is 1. The number of benzene rings is 1. The summed E-state index contributed by atoms with van der Waals surface area (Å²) < 4.78 is 43.4. The van der Waals surface area contributed by atoms with E-state index in [-0.39, 0.29) is 24.6 Å². The Balaban J connectivity index is 0.000000616. The summed E-state index contributed by atoms with van der Waals surface area (Å²) in [5.41, 5.74) is -0.738. The molecular weight excluding hydrogens is 356 g/mol. The van der Waals surface area contributed by atoms with E-state index in [1.165, 1.54) is 30.3 Å². The minimum Gasteiger partial charge on any atom is -0.439 e. The average molecular weight is 376 g/mol. The molecule has 0 N–H and O–H groups in total. The van der Waals surface area contributed by atoms with Crippen molar-refractivity contribution in [2.75, 3.05) is 6.54 Å². The second kappa shape index (κ2) is 10.1. The average Bonchev–Trinajstić information content (AvgIpc) is 2.94. The van der Waals surface area contributed by atoms with Crippen molar-refractivity contribution in [2.45, 2.75) is 32.9 Å². The van der Waals surface area contributed by atoms with Crippen LogP contribution in [0.15, 0.2) is 52.3 Å². The first-order valence-corrected chi connectivity index (χ1v) is 8.71. The van der Waals surface area contributed by atoms with Gasteiger partial charge in [0, 0.05) is 17.6 Å². The molecule has 0 aliphatic carbocycles. The molecule has 1 aromatic carbocycles. The smallest absolute Gasteiger partial charge is 0.439 e. The van der Waals surface area contributed by atoms with Crippen LogP contribution in [0.5, 0.6) is 5.75 Å². The fourth-order valence-electron chi connectivity index (χ4n) is 1.96. The zero-order valence-electron chi connectivity index (χ0n) is 15.1. The molecule has 26 heavy (non-hydrogen) atoms. The number of rotatable bonds is 3. The predicted molar refractivity (Wildman–Crippen MR) is 95.9 cm³/mol. The molecule has 0 aromatic heterocycles. The van der Waals surface area contributed by atoms with E-state index in [1.54, 1.807) is 6.08 Å². The van der Waals surface area contributed by atoms with Crippen LogP contribution in [-0.4, -0.2) is 16.6 Å². The third-order valence-corrected chi connectivity index (χ3v) is 4.18. The number of fused-ring (bicyclic) bond motifs is 1. The van der Waals surface area contributed by atoms with E-state index in [2.05, 4.69) is 18.8 Å². The molecule has 3 rings (SSSR count). The molecule has 0 bridgehead atoms. The zero-order valence-corrected chi connectivity index (χ0v) is 16.0. The molecule has 136 valence electrons. The van der Waals surface area contributed by atoms with Gasteiger partial charge in [-0.3, -0.25) is 0 Å². The molecule has 0 amide bonds. The molecule has 0 unspecified atom stereocenters. The Kier molecular flexibility index (Phi) is 8.88. The van der Waals surface area contributed by atoms with Gasteiger partial charge in [-0.2, -0.15) is 24.6 Å². The number of nitrogens with zero attached hydrogens (tertiary/aromatic N) is 2. The third-order valence-electron chi connectivity index (χ3n) is 3.24. The van der Waals surface area contributed by atoms with Gasteiger partial charge in [-0.1, -0.05) is 31.2 Å². The van der Waals surface area contributed by atoms with Crippen LogP contribution in [0.4, 0.5) is 13.2 Å². The summed E-state index contributed by atoms with van der Waals surface area (Å²) in [7, 11) is 0. The number of ether oxygens (including phenoxy) is 1. The topological polar surface area (TPSA) is 24.8 Å². The van der Waals surface area contributed by atoms with Gasteiger partial charge >= 0.3 is 25.0 Å². The third kappa shape index (κ3) is 6.46. The van der Waals surface area contributed by atoms with Crippen molar-refractivity contribution < 1.29 is 36.8 Å². The maximum absolute atomic E-state index is 12.7. The van der Waals surface area contributed by atoms with Crippen molar-refractivity contribution in [1.82, 2.24) is 4.90 Å². The van der Waals surface area contributed by atoms with Crippen LogP contribution >= 0.6 is 11.8 Å². The summed E-state index contributed by atoms with van der Waals surface area (Å²) in [4.78, 5) is 7.36. The molecule has 8 heteroatoms. The number of alkyl halides is 3. The summed E-state index contributed by atoms with van der Waals surface area (Å²) >= 11 is 1.51. The molecule has 0 spiro atoms. The number of hydrogen-bond donors (Lipinski definition) is 0. The van der Waals surface area contributed by atoms with Crippen LogP contribution in [-0.2, 0) is 6.18 Å². The maximum atomic E-state index is 12.7. The number of hydrogen-bond acceptors (Lipinski definition) is 4. The van der Waals surface area contributed by atoms with E-state index in [0.717, 1.165) is 28.6 Å². The van der Waals surface area contributed by atoms with Crippen molar-refractivity contribution in [3.8, 4) is 5.75 Å². The monoisotopic (exact) mass is 376 g/mol. The number of thioether (sulfide) groups is 1. The van der Waals surface area contributed by atoms with Gasteiger partial charge < -0.3 is 16.6 Å². The Bertz CT molecular complexity index is 700. The molecule has 2 aliphatic rings. The summed E-state index contributed by atoms with van der Waals surface area (Å²) in [6, 6.07) is 4.78. The minimum atomic E-state index is -4.38. The quantitative estimate of drug-likeness (QED) is 0.599. The van der Waals surface area contributed by atoms with Crippen LogP contribution in [0.3, 0.4) is 0 Å². The molecule has 1 aromatic rings. The predicted octanol–water partition coefficient (Wildman–Crippen LogP) is 2.83. The van der Waals surface area contributed by atoms with Crippen LogP contribution in [0.25, 0.3) is 0 Å². The minimum absolute atomic E-state index is 0. The van der Waals surface area contributed by atoms with Crippen molar-refractivity contribution >= 4 is 16.9 Å². The Hall–Kier alpha value is -1.29. The summed E-state index contributed by atoms with van der Waals surface area (Å²) in [6.07, 6.45) is 1.60. The first-order valence-electron chi connectivity index (χ1n) is 7.89. The van der Waals surface area contributed by atoms with E-state index >= 15 is 0 Å². The molecular formula is C18H20F3LiN2OS. The van der Waals surface area contributed by atoms with Crippen LogP contribution in [0.1, 0.15) is 32.3 Å². The SMILES string of the molecule is CC1=CN2CC=C(Oc3cccc(C(F)(F)F)c3)N=C2S1.[CH2-]CCC.[Li+]. The first kappa shape index (κ1) is 22.7. The van der Waals surface area contributed by atoms with Crippen molar-refractivity contribution in [3.63, 3.8) is 0 Å². The molecule has 0 saturated carbocycles. The van der Waals surface area contributed by atoms with E-state index in [0.29, 0.717) is 12.4 Å². The molecule has 0 fully saturated rings. The largest absolute Gasteiger partial charge is 1.00 e. The second-order valence-corrected chi connectivity index (χ2v) is 6.63. The van der Waals surface area contributed by atoms with E-state index in [1.807, 2.05) is 18.0 Å². The Morgan fingerprint density at radius 1 is 1.35 bits per heavy atom. The van der Waals surface area contributed by atoms with E-state index in [9.17, 15) is 13.2 Å². The van der Waals surface area contributed by atoms with Gasteiger partial charge in [-0.15, -0.1) is 0 Å². The summed E-state index contributed by atoms with van der Waals surface area (Å²) in [6.45, 7) is 8.29. The Labute approximate surface area is 168 Å². The molecule has 2 heterocycles. The Morgan fingerprint density at radius 2 is 2.04 bits per heavy atom. The number of halogens is 3. The zero-order chi connectivity index (χ0) is 18.4. The van der Waals surface area contributed by atoms with Crippen LogP contribution in [0.2, 0.25) is 0 Å². The van der Waals surface area contributed by atoms with E-state index in [4.69, 9.17) is 4.74 Å². The van der Waals surface area contributed by atoms with Crippen molar-refractivity contribution in [3.05, 3.63) is 59.8 Å². The molecule has 2 aliphatic heterocycles. The maximum Gasteiger partial charge on any atom is 1.00 e. The van der Waals surface area contributed by atoms with Gasteiger partial charge in [-0.05, 0) is 31.2 Å².